The quantitative estimate of drug-likeness (QED) is 0.131. The molecule has 0 bridgehead atoms. The zero-order valence-corrected chi connectivity index (χ0v) is 31.1. The van der Waals surface area contributed by atoms with Crippen LogP contribution in [0.5, 0.6) is 0 Å². The molecule has 1 heteroatoms. The van der Waals surface area contributed by atoms with E-state index in [4.69, 9.17) is 0 Å². The minimum Gasteiger partial charge on any atom is -0.361 e. The van der Waals surface area contributed by atoms with Crippen LogP contribution in [-0.4, -0.2) is 0 Å². The second kappa shape index (κ2) is 16.5. The summed E-state index contributed by atoms with van der Waals surface area (Å²) in [6.07, 6.45) is 31.8. The molecule has 0 amide bonds. The summed E-state index contributed by atoms with van der Waals surface area (Å²) >= 11 is 0. The van der Waals surface area contributed by atoms with Crippen molar-refractivity contribution in [3.8, 4) is 11.1 Å². The summed E-state index contributed by atoms with van der Waals surface area (Å²) in [7, 11) is 0. The van der Waals surface area contributed by atoms with Crippen LogP contribution < -0.4 is 5.32 Å². The van der Waals surface area contributed by atoms with Crippen molar-refractivity contribution >= 4 is 16.8 Å². The Morgan fingerprint density at radius 3 is 2.41 bits per heavy atom. The summed E-state index contributed by atoms with van der Waals surface area (Å²) < 4.78 is 0. The van der Waals surface area contributed by atoms with E-state index in [9.17, 15) is 0 Å². The van der Waals surface area contributed by atoms with E-state index in [1.165, 1.54) is 77.9 Å². The smallest absolute Gasteiger partial charge is 0.0456 e. The van der Waals surface area contributed by atoms with E-state index in [0.717, 1.165) is 25.0 Å². The molecule has 1 N–H and O–H groups in total. The molecule has 0 fully saturated rings. The number of aryl methyl sites for hydroxylation is 3. The molecule has 2 aliphatic rings. The monoisotopic (exact) mass is 665 g/mol. The first-order valence-electron chi connectivity index (χ1n) is 18.5. The van der Waals surface area contributed by atoms with E-state index in [2.05, 4.69) is 199 Å². The van der Waals surface area contributed by atoms with Gasteiger partial charge >= 0.3 is 0 Å². The van der Waals surface area contributed by atoms with Gasteiger partial charge in [0.2, 0.25) is 0 Å². The summed E-state index contributed by atoms with van der Waals surface area (Å²) in [5, 5.41) is 3.69. The van der Waals surface area contributed by atoms with Crippen molar-refractivity contribution in [2.75, 3.05) is 0 Å². The van der Waals surface area contributed by atoms with Crippen LogP contribution in [-0.2, 0) is 0 Å². The number of rotatable bonds is 10. The second-order valence-electron chi connectivity index (χ2n) is 13.7. The molecule has 0 aromatic heterocycles. The van der Waals surface area contributed by atoms with Gasteiger partial charge < -0.3 is 5.32 Å². The Bertz CT molecular complexity index is 2150. The molecule has 256 valence electrons. The Kier molecular flexibility index (Phi) is 11.5. The molecule has 1 unspecified atom stereocenters. The van der Waals surface area contributed by atoms with Crippen LogP contribution in [0.15, 0.2) is 152 Å². The summed E-state index contributed by atoms with van der Waals surface area (Å²) in [6, 6.07) is 27.6. The number of hydrogen-bond donors (Lipinski definition) is 1. The molecule has 1 aliphatic carbocycles. The van der Waals surface area contributed by atoms with Crippen LogP contribution in [0.3, 0.4) is 0 Å². The van der Waals surface area contributed by atoms with Crippen molar-refractivity contribution in [1.82, 2.24) is 5.32 Å². The maximum Gasteiger partial charge on any atom is 0.0456 e. The SMILES string of the molecule is C\C=C/C=C\C(=C/CC)c1cc(C2=CCCC=C2)cc(C2=CC=CC=CN2)c1C(c1ccccc1C)c1cccc(-c2cc(C)ccc2C)c1C. The largest absolute Gasteiger partial charge is 0.361 e. The molecule has 0 spiro atoms. The normalized spacial score (nSPS) is 15.2. The molecule has 1 heterocycles. The van der Waals surface area contributed by atoms with E-state index in [1.54, 1.807) is 0 Å². The molecule has 51 heavy (non-hydrogen) atoms. The van der Waals surface area contributed by atoms with E-state index in [0.29, 0.717) is 0 Å². The Hall–Kier alpha value is -5.40. The fourth-order valence-electron chi connectivity index (χ4n) is 7.48. The topological polar surface area (TPSA) is 12.0 Å². The van der Waals surface area contributed by atoms with Crippen molar-refractivity contribution in [1.29, 1.82) is 0 Å². The molecule has 4 aromatic carbocycles. The average molecular weight is 666 g/mol. The lowest BCUT2D eigenvalue weighted by atomic mass is 9.74. The van der Waals surface area contributed by atoms with Crippen LogP contribution in [0.25, 0.3) is 28.0 Å². The Labute approximate surface area is 306 Å². The first-order chi connectivity index (χ1) is 24.9. The van der Waals surface area contributed by atoms with Crippen LogP contribution in [0, 0.1) is 27.7 Å². The van der Waals surface area contributed by atoms with Crippen LogP contribution in [0.1, 0.15) is 94.7 Å². The predicted octanol–water partition coefficient (Wildman–Crippen LogP) is 13.4. The molecule has 4 aromatic rings. The highest BCUT2D eigenvalue weighted by molar-refractivity contribution is 5.88. The molecule has 0 saturated carbocycles. The van der Waals surface area contributed by atoms with Gasteiger partial charge in [0.15, 0.2) is 0 Å². The van der Waals surface area contributed by atoms with Gasteiger partial charge in [-0.25, -0.2) is 0 Å². The van der Waals surface area contributed by atoms with Gasteiger partial charge in [-0.2, -0.15) is 0 Å². The molecule has 1 nitrogen and oxygen atoms in total. The number of allylic oxidation sites excluding steroid dienone is 14. The minimum atomic E-state index is -0.0412. The lowest BCUT2D eigenvalue weighted by molar-refractivity contribution is 0.936. The van der Waals surface area contributed by atoms with Gasteiger partial charge in [0, 0.05) is 23.4 Å². The maximum absolute atomic E-state index is 3.69. The number of nitrogens with one attached hydrogen (secondary N) is 1. The molecule has 0 radical (unpaired) electrons. The van der Waals surface area contributed by atoms with E-state index >= 15 is 0 Å². The average Bonchev–Trinajstić information content (AvgIpc) is 3.44. The fourth-order valence-corrected chi connectivity index (χ4v) is 7.48. The van der Waals surface area contributed by atoms with E-state index in [1.807, 2.05) is 0 Å². The Morgan fingerprint density at radius 2 is 1.63 bits per heavy atom. The summed E-state index contributed by atoms with van der Waals surface area (Å²) in [5.41, 5.74) is 19.0. The van der Waals surface area contributed by atoms with Crippen molar-refractivity contribution < 1.29 is 0 Å². The second-order valence-corrected chi connectivity index (χ2v) is 13.7. The Morgan fingerprint density at radius 1 is 0.784 bits per heavy atom. The minimum absolute atomic E-state index is 0.0412. The highest BCUT2D eigenvalue weighted by Gasteiger charge is 2.29. The van der Waals surface area contributed by atoms with Crippen molar-refractivity contribution in [3.63, 3.8) is 0 Å². The van der Waals surface area contributed by atoms with E-state index < -0.39 is 0 Å². The summed E-state index contributed by atoms with van der Waals surface area (Å²) in [5.74, 6) is -0.0412. The third kappa shape index (κ3) is 7.84. The fraction of sp³-hybridized carbons (Fsp3) is 0.200. The first kappa shape index (κ1) is 35.4. The third-order valence-electron chi connectivity index (χ3n) is 10.1. The van der Waals surface area contributed by atoms with Crippen molar-refractivity contribution in [2.24, 2.45) is 0 Å². The molecular weight excluding hydrogens is 615 g/mol. The third-order valence-corrected chi connectivity index (χ3v) is 10.1. The predicted molar refractivity (Wildman–Crippen MR) is 223 cm³/mol. The zero-order chi connectivity index (χ0) is 35.7. The van der Waals surface area contributed by atoms with Crippen LogP contribution in [0.4, 0.5) is 0 Å². The molecule has 1 atom stereocenters. The van der Waals surface area contributed by atoms with Crippen LogP contribution in [0.2, 0.25) is 0 Å². The van der Waals surface area contributed by atoms with Gasteiger partial charge in [-0.3, -0.25) is 0 Å². The van der Waals surface area contributed by atoms with Crippen LogP contribution >= 0.6 is 0 Å². The summed E-state index contributed by atoms with van der Waals surface area (Å²) in [6.45, 7) is 13.3. The van der Waals surface area contributed by atoms with Gasteiger partial charge in [-0.1, -0.05) is 134 Å². The van der Waals surface area contributed by atoms with E-state index in [-0.39, 0.29) is 5.92 Å². The van der Waals surface area contributed by atoms with Gasteiger partial charge in [0.25, 0.3) is 0 Å². The molecule has 0 saturated heterocycles. The van der Waals surface area contributed by atoms with Gasteiger partial charge in [-0.05, 0) is 145 Å². The number of benzene rings is 4. The standard InChI is InChI=1S/C50H51N/c1-7-9-12-24-40(20-8-2)46-33-41(39-22-13-10-14-23-39)34-47(48-28-15-11-18-31-51-48)50(46)49(42-25-17-16-21-36(42)4)44-27-19-26-43(38(44)6)45-32-35(3)29-30-37(45)5/h7,9,11-13,15-34,49,51H,8,10,14H2,1-6H3/b9-7-,24-12-,40-20+. The number of hydrogen-bond acceptors (Lipinski definition) is 1. The van der Waals surface area contributed by atoms with Crippen molar-refractivity contribution in [2.45, 2.75) is 66.7 Å². The zero-order valence-electron chi connectivity index (χ0n) is 31.1. The summed E-state index contributed by atoms with van der Waals surface area (Å²) in [4.78, 5) is 0. The first-order valence-corrected chi connectivity index (χ1v) is 18.5. The highest BCUT2D eigenvalue weighted by Crippen LogP contribution is 2.46. The van der Waals surface area contributed by atoms with Gasteiger partial charge in [0.05, 0.1) is 0 Å². The van der Waals surface area contributed by atoms with Gasteiger partial charge in [-0.15, -0.1) is 0 Å². The Balaban J connectivity index is 1.77. The lowest BCUT2D eigenvalue weighted by Crippen LogP contribution is -2.16. The molecule has 6 rings (SSSR count). The highest BCUT2D eigenvalue weighted by atomic mass is 14.9. The molecular formula is C50H51N. The lowest BCUT2D eigenvalue weighted by Gasteiger charge is -2.30. The van der Waals surface area contributed by atoms with Gasteiger partial charge in [0.1, 0.15) is 0 Å². The molecule has 1 aliphatic heterocycles. The van der Waals surface area contributed by atoms with Crippen molar-refractivity contribution in [3.05, 3.63) is 208 Å². The maximum atomic E-state index is 3.69.